The van der Waals surface area contributed by atoms with Crippen LogP contribution < -0.4 is 0 Å². The largest absolute Gasteiger partial charge is 0.264 e. The van der Waals surface area contributed by atoms with E-state index in [2.05, 4.69) is 255 Å². The second-order valence-corrected chi connectivity index (χ2v) is 18.5. The molecule has 0 bridgehead atoms. The van der Waals surface area contributed by atoms with Crippen molar-refractivity contribution in [1.29, 1.82) is 0 Å². The van der Waals surface area contributed by atoms with E-state index in [9.17, 15) is 0 Å². The van der Waals surface area contributed by atoms with Gasteiger partial charge in [0.05, 0.1) is 0 Å². The molecule has 1 heteroatoms. The Balaban J connectivity index is 0.903. The summed E-state index contributed by atoms with van der Waals surface area (Å²) in [6, 6.07) is 91.6. The third-order valence-electron chi connectivity index (χ3n) is 14.7. The van der Waals surface area contributed by atoms with Gasteiger partial charge in [0, 0.05) is 17.8 Å². The lowest BCUT2D eigenvalue weighted by Crippen LogP contribution is -1.93. The standard InChI is InChI=1S/C69H43N/c1-2-17-45(18-3-1)64-52-20-6-8-22-54(52)65(55-23-9-7-21-53(55)64)47-35-37-49(38-36-47)68-59-27-13-10-24-56(59)67(62-40-41-70-43-63(62)68)48-33-31-46(32-34-48)66-57-25-11-14-28-60(57)69(61-29-15-12-26-58(61)66)51-39-30-44-16-4-5-19-50(44)42-51/h1-43H. The maximum atomic E-state index is 4.76. The topological polar surface area (TPSA) is 12.9 Å². The molecule has 0 fully saturated rings. The molecular formula is C69H43N. The van der Waals surface area contributed by atoms with Crippen LogP contribution >= 0.6 is 0 Å². The zero-order chi connectivity index (χ0) is 46.1. The van der Waals surface area contributed by atoms with Gasteiger partial charge in [0.25, 0.3) is 0 Å². The Labute approximate surface area is 406 Å². The van der Waals surface area contributed by atoms with E-state index < -0.39 is 0 Å². The average Bonchev–Trinajstić information content (AvgIpc) is 3.43. The molecule has 1 nitrogen and oxygen atoms in total. The summed E-state index contributed by atoms with van der Waals surface area (Å²) in [5, 5.41) is 17.3. The van der Waals surface area contributed by atoms with Crippen molar-refractivity contribution in [2.45, 2.75) is 0 Å². The highest BCUT2D eigenvalue weighted by atomic mass is 14.6. The number of hydrogen-bond donors (Lipinski definition) is 0. The van der Waals surface area contributed by atoms with E-state index in [-0.39, 0.29) is 0 Å². The minimum Gasteiger partial charge on any atom is -0.264 e. The Hall–Kier alpha value is -9.17. The molecule has 0 aliphatic heterocycles. The molecule has 1 heterocycles. The van der Waals surface area contributed by atoms with E-state index in [0.29, 0.717) is 0 Å². The molecule has 0 saturated heterocycles. The fourth-order valence-corrected chi connectivity index (χ4v) is 11.7. The molecule has 0 aliphatic carbocycles. The highest BCUT2D eigenvalue weighted by molar-refractivity contribution is 6.24. The Kier molecular flexibility index (Phi) is 9.28. The van der Waals surface area contributed by atoms with Gasteiger partial charge in [-0.1, -0.05) is 237 Å². The highest BCUT2D eigenvalue weighted by Gasteiger charge is 2.21. The number of benzene rings is 13. The minimum absolute atomic E-state index is 1.14. The first-order valence-electron chi connectivity index (χ1n) is 24.2. The van der Waals surface area contributed by atoms with Crippen LogP contribution in [0.5, 0.6) is 0 Å². The monoisotopic (exact) mass is 885 g/mol. The fraction of sp³-hybridized carbons (Fsp3) is 0. The van der Waals surface area contributed by atoms with Gasteiger partial charge in [-0.3, -0.25) is 4.98 Å². The number of aromatic nitrogens is 1. The summed E-state index contributed by atoms with van der Waals surface area (Å²) in [4.78, 5) is 4.76. The van der Waals surface area contributed by atoms with Crippen LogP contribution in [0.2, 0.25) is 0 Å². The van der Waals surface area contributed by atoms with Crippen molar-refractivity contribution in [2.75, 3.05) is 0 Å². The first kappa shape index (κ1) is 39.9. The van der Waals surface area contributed by atoms with E-state index in [4.69, 9.17) is 4.98 Å². The van der Waals surface area contributed by atoms with Gasteiger partial charge < -0.3 is 0 Å². The summed E-state index contributed by atoms with van der Waals surface area (Å²) < 4.78 is 0. The summed E-state index contributed by atoms with van der Waals surface area (Å²) in [7, 11) is 0. The Bertz CT molecular complexity index is 4210. The number of fused-ring (bicyclic) bond motifs is 7. The lowest BCUT2D eigenvalue weighted by molar-refractivity contribution is 1.37. The van der Waals surface area contributed by atoms with Crippen LogP contribution in [0.4, 0.5) is 0 Å². The maximum Gasteiger partial charge on any atom is 0.0353 e. The molecule has 0 N–H and O–H groups in total. The molecule has 14 rings (SSSR count). The number of rotatable bonds is 6. The quantitative estimate of drug-likeness (QED) is 0.152. The molecular weight excluding hydrogens is 843 g/mol. The van der Waals surface area contributed by atoms with Gasteiger partial charge in [0.1, 0.15) is 0 Å². The number of pyridine rings is 1. The highest BCUT2D eigenvalue weighted by Crippen LogP contribution is 2.48. The predicted molar refractivity (Wildman–Crippen MR) is 299 cm³/mol. The molecule has 0 unspecified atom stereocenters. The van der Waals surface area contributed by atoms with E-state index >= 15 is 0 Å². The summed E-state index contributed by atoms with van der Waals surface area (Å²) in [6.07, 6.45) is 3.99. The lowest BCUT2D eigenvalue weighted by atomic mass is 9.84. The van der Waals surface area contributed by atoms with E-state index in [0.717, 1.165) is 5.39 Å². The first-order chi connectivity index (χ1) is 34.8. The van der Waals surface area contributed by atoms with Crippen molar-refractivity contribution in [1.82, 2.24) is 4.98 Å². The van der Waals surface area contributed by atoms with Gasteiger partial charge >= 0.3 is 0 Å². The van der Waals surface area contributed by atoms with Gasteiger partial charge in [0.2, 0.25) is 0 Å². The molecule has 0 amide bonds. The molecule has 324 valence electrons. The normalized spacial score (nSPS) is 11.7. The summed E-state index contributed by atoms with van der Waals surface area (Å²) >= 11 is 0. The summed E-state index contributed by atoms with van der Waals surface area (Å²) in [6.45, 7) is 0. The van der Waals surface area contributed by atoms with E-state index in [1.165, 1.54) is 137 Å². The first-order valence-corrected chi connectivity index (χ1v) is 24.2. The minimum atomic E-state index is 1.14. The van der Waals surface area contributed by atoms with Gasteiger partial charge in [-0.15, -0.1) is 0 Å². The molecule has 1 aromatic heterocycles. The van der Waals surface area contributed by atoms with Crippen LogP contribution in [0.25, 0.3) is 142 Å². The van der Waals surface area contributed by atoms with Crippen molar-refractivity contribution >= 4 is 75.4 Å². The summed E-state index contributed by atoms with van der Waals surface area (Å²) in [5.41, 5.74) is 14.7. The smallest absolute Gasteiger partial charge is 0.0353 e. The maximum absolute atomic E-state index is 4.76. The Morgan fingerprint density at radius 2 is 0.457 bits per heavy atom. The van der Waals surface area contributed by atoms with Crippen LogP contribution in [0.15, 0.2) is 261 Å². The van der Waals surface area contributed by atoms with Gasteiger partial charge in [-0.25, -0.2) is 0 Å². The Morgan fingerprint density at radius 1 is 0.186 bits per heavy atom. The van der Waals surface area contributed by atoms with Crippen molar-refractivity contribution in [2.24, 2.45) is 0 Å². The molecule has 0 radical (unpaired) electrons. The second-order valence-electron chi connectivity index (χ2n) is 18.5. The number of hydrogen-bond acceptors (Lipinski definition) is 1. The zero-order valence-corrected chi connectivity index (χ0v) is 38.3. The zero-order valence-electron chi connectivity index (χ0n) is 38.3. The number of nitrogens with zero attached hydrogens (tertiary/aromatic N) is 1. The molecule has 13 aromatic carbocycles. The van der Waals surface area contributed by atoms with Crippen LogP contribution in [-0.4, -0.2) is 4.98 Å². The van der Waals surface area contributed by atoms with Crippen molar-refractivity contribution in [3.63, 3.8) is 0 Å². The van der Waals surface area contributed by atoms with Crippen LogP contribution in [0.1, 0.15) is 0 Å². The van der Waals surface area contributed by atoms with E-state index in [1.54, 1.807) is 0 Å². The van der Waals surface area contributed by atoms with Gasteiger partial charge in [0.15, 0.2) is 0 Å². The Morgan fingerprint density at radius 3 is 0.843 bits per heavy atom. The predicted octanol–water partition coefficient (Wildman–Crippen LogP) is 19.2. The lowest BCUT2D eigenvalue weighted by Gasteiger charge is -2.20. The molecule has 0 atom stereocenters. The van der Waals surface area contributed by atoms with Gasteiger partial charge in [-0.2, -0.15) is 0 Å². The SMILES string of the molecule is c1ccc(-c2c3ccccc3c(-c3ccc(-c4c5ccccc5c(-c5ccc(-c6c7ccccc7c(-c7ccc8ccccc8c7)c7ccccc67)cc5)c5ccncc45)cc3)c3ccccc23)cc1. The fourth-order valence-electron chi connectivity index (χ4n) is 11.7. The molecule has 0 saturated carbocycles. The average molecular weight is 886 g/mol. The molecule has 14 aromatic rings. The van der Waals surface area contributed by atoms with Gasteiger partial charge in [-0.05, 0) is 149 Å². The van der Waals surface area contributed by atoms with Crippen molar-refractivity contribution in [3.05, 3.63) is 261 Å². The molecule has 70 heavy (non-hydrogen) atoms. The van der Waals surface area contributed by atoms with Crippen molar-refractivity contribution < 1.29 is 0 Å². The summed E-state index contributed by atoms with van der Waals surface area (Å²) in [5.74, 6) is 0. The van der Waals surface area contributed by atoms with E-state index in [1.807, 2.05) is 6.20 Å². The molecule has 0 spiro atoms. The van der Waals surface area contributed by atoms with Crippen LogP contribution in [0, 0.1) is 0 Å². The van der Waals surface area contributed by atoms with Crippen LogP contribution in [0.3, 0.4) is 0 Å². The van der Waals surface area contributed by atoms with Crippen LogP contribution in [-0.2, 0) is 0 Å². The third-order valence-corrected chi connectivity index (χ3v) is 14.7. The molecule has 0 aliphatic rings. The second kappa shape index (κ2) is 16.3. The third kappa shape index (κ3) is 6.29. The van der Waals surface area contributed by atoms with Crippen molar-refractivity contribution in [3.8, 4) is 66.8 Å².